The summed E-state index contributed by atoms with van der Waals surface area (Å²) in [4.78, 5) is 14.3. The first-order valence-corrected chi connectivity index (χ1v) is 8.89. The smallest absolute Gasteiger partial charge is 0.226 e. The van der Waals surface area contributed by atoms with E-state index in [1.54, 1.807) is 7.11 Å². The molecule has 0 spiro atoms. The summed E-state index contributed by atoms with van der Waals surface area (Å²) in [7, 11) is 1.64. The van der Waals surface area contributed by atoms with Gasteiger partial charge in [-0.3, -0.25) is 4.79 Å². The van der Waals surface area contributed by atoms with E-state index in [4.69, 9.17) is 9.26 Å². The number of ether oxygens (including phenoxy) is 1. The fourth-order valence-corrected chi connectivity index (χ4v) is 3.34. The second kappa shape index (κ2) is 7.15. The zero-order valence-corrected chi connectivity index (χ0v) is 15.3. The molecule has 1 aliphatic heterocycles. The van der Waals surface area contributed by atoms with Gasteiger partial charge in [-0.05, 0) is 43.3 Å². The van der Waals surface area contributed by atoms with Crippen molar-refractivity contribution in [3.05, 3.63) is 60.4 Å². The van der Waals surface area contributed by atoms with Gasteiger partial charge in [0.25, 0.3) is 0 Å². The third-order valence-corrected chi connectivity index (χ3v) is 4.77. The highest BCUT2D eigenvalue weighted by Gasteiger charge is 2.26. The van der Waals surface area contributed by atoms with Crippen molar-refractivity contribution in [2.75, 3.05) is 17.3 Å². The van der Waals surface area contributed by atoms with Gasteiger partial charge >= 0.3 is 0 Å². The molecule has 0 saturated carbocycles. The lowest BCUT2D eigenvalue weighted by Gasteiger charge is -2.28. The van der Waals surface area contributed by atoms with Gasteiger partial charge in [-0.25, -0.2) is 0 Å². The van der Waals surface area contributed by atoms with Crippen LogP contribution in [0, 0.1) is 0 Å². The van der Waals surface area contributed by atoms with Gasteiger partial charge in [0.1, 0.15) is 11.4 Å². The van der Waals surface area contributed by atoms with Gasteiger partial charge in [-0.2, -0.15) is 0 Å². The fraction of sp³-hybridized carbons (Fsp3) is 0.238. The minimum Gasteiger partial charge on any atom is -0.497 e. The van der Waals surface area contributed by atoms with Crippen LogP contribution >= 0.6 is 0 Å². The van der Waals surface area contributed by atoms with Crippen molar-refractivity contribution >= 4 is 17.3 Å². The minimum absolute atomic E-state index is 0.0222. The van der Waals surface area contributed by atoms with E-state index in [-0.39, 0.29) is 11.9 Å². The van der Waals surface area contributed by atoms with Gasteiger partial charge in [-0.1, -0.05) is 17.3 Å². The van der Waals surface area contributed by atoms with Crippen molar-refractivity contribution in [3.63, 3.8) is 0 Å². The molecule has 2 heterocycles. The first kappa shape index (κ1) is 17.1. The quantitative estimate of drug-likeness (QED) is 0.756. The molecule has 6 nitrogen and oxygen atoms in total. The normalized spacial score (nSPS) is 16.4. The van der Waals surface area contributed by atoms with Crippen LogP contribution in [-0.4, -0.2) is 24.2 Å². The number of para-hydroxylation sites is 2. The second-order valence-electron chi connectivity index (χ2n) is 6.65. The minimum atomic E-state index is 0.0222. The molecule has 6 heteroatoms. The molecule has 138 valence electrons. The number of benzene rings is 2. The Morgan fingerprint density at radius 1 is 1.22 bits per heavy atom. The topological polar surface area (TPSA) is 67.6 Å². The summed E-state index contributed by atoms with van der Waals surface area (Å²) >= 11 is 0. The predicted octanol–water partition coefficient (Wildman–Crippen LogP) is 4.09. The summed E-state index contributed by atoms with van der Waals surface area (Å²) in [5.41, 5.74) is 3.55. The Balaban J connectivity index is 1.60. The molecule has 1 N–H and O–H groups in total. The third kappa shape index (κ3) is 3.51. The van der Waals surface area contributed by atoms with E-state index in [0.29, 0.717) is 13.0 Å². The molecule has 3 aromatic rings. The number of carbonyl (C=O) groups is 1. The monoisotopic (exact) mass is 363 g/mol. The Kier molecular flexibility index (Phi) is 4.54. The van der Waals surface area contributed by atoms with E-state index >= 15 is 0 Å². The molecule has 0 fully saturated rings. The Morgan fingerprint density at radius 2 is 2.00 bits per heavy atom. The average Bonchev–Trinajstić information content (AvgIpc) is 3.11. The summed E-state index contributed by atoms with van der Waals surface area (Å²) in [5.74, 6) is 1.57. The molecule has 0 radical (unpaired) electrons. The van der Waals surface area contributed by atoms with Gasteiger partial charge in [0.2, 0.25) is 5.91 Å². The molecule has 2 aromatic carbocycles. The van der Waals surface area contributed by atoms with E-state index in [0.717, 1.165) is 34.1 Å². The molecule has 1 aromatic heterocycles. The van der Waals surface area contributed by atoms with Crippen molar-refractivity contribution in [2.24, 2.45) is 0 Å². The molecule has 0 saturated heterocycles. The lowest BCUT2D eigenvalue weighted by molar-refractivity contribution is -0.116. The lowest BCUT2D eigenvalue weighted by atomic mass is 10.1. The number of anilines is 2. The number of hydrogen-bond donors (Lipinski definition) is 1. The molecule has 0 bridgehead atoms. The first-order chi connectivity index (χ1) is 13.1. The fourth-order valence-electron chi connectivity index (χ4n) is 3.34. The zero-order valence-electron chi connectivity index (χ0n) is 15.3. The van der Waals surface area contributed by atoms with Gasteiger partial charge in [0.05, 0.1) is 25.0 Å². The molecular weight excluding hydrogens is 342 g/mol. The summed E-state index contributed by atoms with van der Waals surface area (Å²) in [6.07, 6.45) is 0.425. The van der Waals surface area contributed by atoms with Crippen LogP contribution in [0.1, 0.15) is 19.1 Å². The predicted molar refractivity (Wildman–Crippen MR) is 104 cm³/mol. The maximum atomic E-state index is 12.1. The van der Waals surface area contributed by atoms with Crippen molar-refractivity contribution in [1.82, 2.24) is 5.16 Å². The summed E-state index contributed by atoms with van der Waals surface area (Å²) in [6, 6.07) is 17.5. The summed E-state index contributed by atoms with van der Waals surface area (Å²) < 4.78 is 10.8. The maximum absolute atomic E-state index is 12.1. The highest BCUT2D eigenvalue weighted by Crippen LogP contribution is 2.33. The number of hydrogen-bond acceptors (Lipinski definition) is 5. The number of fused-ring (bicyclic) bond motifs is 1. The Morgan fingerprint density at radius 3 is 2.78 bits per heavy atom. The van der Waals surface area contributed by atoms with Crippen LogP contribution in [-0.2, 0) is 11.3 Å². The number of nitrogens with one attached hydrogen (secondary N) is 1. The number of nitrogens with zero attached hydrogens (tertiary/aromatic N) is 2. The molecule has 1 aliphatic rings. The highest BCUT2D eigenvalue weighted by atomic mass is 16.5. The van der Waals surface area contributed by atoms with E-state index in [9.17, 15) is 4.79 Å². The van der Waals surface area contributed by atoms with Gasteiger partial charge in [0, 0.05) is 24.1 Å². The molecule has 1 amide bonds. The van der Waals surface area contributed by atoms with Crippen LogP contribution in [0.15, 0.2) is 59.1 Å². The lowest BCUT2D eigenvalue weighted by Crippen LogP contribution is -2.32. The van der Waals surface area contributed by atoms with Crippen LogP contribution in [0.3, 0.4) is 0 Å². The van der Waals surface area contributed by atoms with E-state index in [1.807, 2.05) is 61.5 Å². The first-order valence-electron chi connectivity index (χ1n) is 8.89. The number of carbonyl (C=O) groups excluding carboxylic acids is 1. The van der Waals surface area contributed by atoms with E-state index in [2.05, 4.69) is 15.4 Å². The molecule has 27 heavy (non-hydrogen) atoms. The van der Waals surface area contributed by atoms with Crippen LogP contribution in [0.2, 0.25) is 0 Å². The van der Waals surface area contributed by atoms with Crippen LogP contribution < -0.4 is 15.0 Å². The van der Waals surface area contributed by atoms with Crippen LogP contribution in [0.25, 0.3) is 11.3 Å². The zero-order chi connectivity index (χ0) is 18.8. The number of amides is 1. The van der Waals surface area contributed by atoms with Crippen molar-refractivity contribution in [2.45, 2.75) is 25.9 Å². The number of methoxy groups -OCH3 is 1. The molecule has 1 atom stereocenters. The average molecular weight is 363 g/mol. The molecule has 0 unspecified atom stereocenters. The number of aromatic nitrogens is 1. The third-order valence-electron chi connectivity index (χ3n) is 4.77. The Hall–Kier alpha value is -3.28. The van der Waals surface area contributed by atoms with Gasteiger partial charge < -0.3 is 19.5 Å². The number of rotatable bonds is 4. The van der Waals surface area contributed by atoms with E-state index < -0.39 is 0 Å². The Bertz CT molecular complexity index is 949. The van der Waals surface area contributed by atoms with Crippen LogP contribution in [0.5, 0.6) is 5.75 Å². The largest absolute Gasteiger partial charge is 0.497 e. The Labute approximate surface area is 157 Å². The van der Waals surface area contributed by atoms with Crippen molar-refractivity contribution in [3.8, 4) is 17.0 Å². The molecule has 4 rings (SSSR count). The molecular formula is C21H21N3O3. The second-order valence-corrected chi connectivity index (χ2v) is 6.65. The van der Waals surface area contributed by atoms with Crippen LogP contribution in [0.4, 0.5) is 11.4 Å². The summed E-state index contributed by atoms with van der Waals surface area (Å²) in [5, 5.41) is 7.17. The van der Waals surface area contributed by atoms with Gasteiger partial charge in [-0.15, -0.1) is 0 Å². The van der Waals surface area contributed by atoms with Gasteiger partial charge in [0.15, 0.2) is 5.76 Å². The standard InChI is InChI=1S/C21H21N3O3/c1-14-11-21(25)22-18-5-3-4-6-20(18)24(14)13-17-12-19(23-27-17)15-7-9-16(26-2)10-8-15/h3-10,12,14H,11,13H2,1-2H3,(H,22,25)/t14-/m0/s1. The maximum Gasteiger partial charge on any atom is 0.226 e. The van der Waals surface area contributed by atoms with Crippen molar-refractivity contribution in [1.29, 1.82) is 0 Å². The summed E-state index contributed by atoms with van der Waals surface area (Å²) in [6.45, 7) is 2.58. The van der Waals surface area contributed by atoms with Crippen molar-refractivity contribution < 1.29 is 14.1 Å². The molecule has 0 aliphatic carbocycles. The highest BCUT2D eigenvalue weighted by molar-refractivity contribution is 5.96. The SMILES string of the molecule is COc1ccc(-c2cc(CN3c4ccccc4NC(=O)C[C@@H]3C)on2)cc1. The van der Waals surface area contributed by atoms with E-state index in [1.165, 1.54) is 0 Å².